The van der Waals surface area contributed by atoms with Crippen molar-refractivity contribution in [2.45, 2.75) is 6.42 Å². The van der Waals surface area contributed by atoms with Gasteiger partial charge in [0.1, 0.15) is 11.5 Å². The summed E-state index contributed by atoms with van der Waals surface area (Å²) in [6.45, 7) is 0.766. The Kier molecular flexibility index (Phi) is 6.13. The first-order valence-electron chi connectivity index (χ1n) is 10.1. The Bertz CT molecular complexity index is 1160. The summed E-state index contributed by atoms with van der Waals surface area (Å²) in [6.07, 6.45) is 4.18. The quantitative estimate of drug-likeness (QED) is 0.595. The van der Waals surface area contributed by atoms with Crippen molar-refractivity contribution < 1.29 is 14.3 Å². The van der Waals surface area contributed by atoms with E-state index < -0.39 is 0 Å². The van der Waals surface area contributed by atoms with Gasteiger partial charge in [-0.25, -0.2) is 0 Å². The van der Waals surface area contributed by atoms with E-state index in [1.54, 1.807) is 20.3 Å². The lowest BCUT2D eigenvalue weighted by Gasteiger charge is -2.18. The van der Waals surface area contributed by atoms with Gasteiger partial charge in [0, 0.05) is 23.7 Å². The standard InChI is InChI=1S/C26H24N2O3/c1-30-21-8-5-6-18(16-21)10-13-25(29)28-23-12-11-20(17-24(23)31-2)26-22-9-4-3-7-19(22)14-15-27-26/h3-13,16-17H,14-15H2,1-2H3,(H,28,29). The number of nitrogens with one attached hydrogen (secondary N) is 1. The van der Waals surface area contributed by atoms with Crippen LogP contribution in [0.5, 0.6) is 11.5 Å². The van der Waals surface area contributed by atoms with Gasteiger partial charge in [0.05, 0.1) is 25.6 Å². The lowest BCUT2D eigenvalue weighted by atomic mass is 9.93. The van der Waals surface area contributed by atoms with E-state index in [4.69, 9.17) is 14.5 Å². The highest BCUT2D eigenvalue weighted by Gasteiger charge is 2.17. The predicted octanol–water partition coefficient (Wildman–Crippen LogP) is 4.75. The number of hydrogen-bond donors (Lipinski definition) is 1. The third kappa shape index (κ3) is 4.67. The zero-order valence-corrected chi connectivity index (χ0v) is 17.6. The van der Waals surface area contributed by atoms with Crippen LogP contribution in [0, 0.1) is 0 Å². The molecule has 1 aliphatic rings. The molecule has 0 aromatic heterocycles. The van der Waals surface area contributed by atoms with Crippen molar-refractivity contribution in [1.29, 1.82) is 0 Å². The van der Waals surface area contributed by atoms with Crippen molar-refractivity contribution in [3.05, 3.63) is 95.1 Å². The molecule has 0 radical (unpaired) electrons. The van der Waals surface area contributed by atoms with Crippen LogP contribution in [0.15, 0.2) is 77.8 Å². The van der Waals surface area contributed by atoms with Gasteiger partial charge < -0.3 is 14.8 Å². The minimum atomic E-state index is -0.241. The number of hydrogen-bond acceptors (Lipinski definition) is 4. The summed E-state index contributed by atoms with van der Waals surface area (Å²) in [5, 5.41) is 2.89. The average molecular weight is 412 g/mol. The summed E-state index contributed by atoms with van der Waals surface area (Å²) in [5.41, 5.74) is 5.85. The average Bonchev–Trinajstić information content (AvgIpc) is 2.83. The highest BCUT2D eigenvalue weighted by Crippen LogP contribution is 2.29. The first-order valence-corrected chi connectivity index (χ1v) is 10.1. The van der Waals surface area contributed by atoms with Crippen LogP contribution >= 0.6 is 0 Å². The highest BCUT2D eigenvalue weighted by atomic mass is 16.5. The Morgan fingerprint density at radius 2 is 1.87 bits per heavy atom. The Balaban J connectivity index is 1.53. The summed E-state index contributed by atoms with van der Waals surface area (Å²) in [6, 6.07) is 21.6. The topological polar surface area (TPSA) is 59.9 Å². The number of carbonyl (C=O) groups excluding carboxylic acids is 1. The molecule has 156 valence electrons. The fraction of sp³-hybridized carbons (Fsp3) is 0.154. The molecule has 0 bridgehead atoms. The van der Waals surface area contributed by atoms with Crippen LogP contribution in [0.4, 0.5) is 5.69 Å². The van der Waals surface area contributed by atoms with Crippen LogP contribution in [0.3, 0.4) is 0 Å². The number of rotatable bonds is 6. The highest BCUT2D eigenvalue weighted by molar-refractivity contribution is 6.15. The summed E-state index contributed by atoms with van der Waals surface area (Å²) >= 11 is 0. The molecule has 5 heteroatoms. The van der Waals surface area contributed by atoms with Gasteiger partial charge in [0.2, 0.25) is 5.91 Å². The van der Waals surface area contributed by atoms with Crippen molar-refractivity contribution in [3.63, 3.8) is 0 Å². The number of amides is 1. The molecule has 4 rings (SSSR count). The van der Waals surface area contributed by atoms with E-state index in [0.717, 1.165) is 41.1 Å². The molecule has 0 atom stereocenters. The van der Waals surface area contributed by atoms with Crippen LogP contribution in [0.1, 0.15) is 22.3 Å². The SMILES string of the molecule is COc1cccc(C=CC(=O)Nc2ccc(C3=NCCc4ccccc43)cc2OC)c1. The van der Waals surface area contributed by atoms with E-state index in [1.165, 1.54) is 11.6 Å². The zero-order chi connectivity index (χ0) is 21.6. The third-order valence-corrected chi connectivity index (χ3v) is 5.18. The van der Waals surface area contributed by atoms with Gasteiger partial charge in [0.15, 0.2) is 0 Å². The fourth-order valence-corrected chi connectivity index (χ4v) is 3.62. The fourth-order valence-electron chi connectivity index (χ4n) is 3.62. The molecule has 1 N–H and O–H groups in total. The third-order valence-electron chi connectivity index (χ3n) is 5.18. The van der Waals surface area contributed by atoms with Crippen LogP contribution in [-0.2, 0) is 11.2 Å². The normalized spacial score (nSPS) is 12.8. The maximum absolute atomic E-state index is 12.5. The lowest BCUT2D eigenvalue weighted by molar-refractivity contribution is -0.111. The molecule has 1 heterocycles. The van der Waals surface area contributed by atoms with E-state index in [2.05, 4.69) is 23.5 Å². The molecule has 5 nitrogen and oxygen atoms in total. The van der Waals surface area contributed by atoms with Gasteiger partial charge >= 0.3 is 0 Å². The molecule has 3 aromatic carbocycles. The maximum atomic E-state index is 12.5. The Morgan fingerprint density at radius 3 is 2.71 bits per heavy atom. The molecule has 3 aromatic rings. The molecule has 1 amide bonds. The van der Waals surface area contributed by atoms with Crippen molar-refractivity contribution in [3.8, 4) is 11.5 Å². The van der Waals surface area contributed by atoms with Gasteiger partial charge in [-0.2, -0.15) is 0 Å². The van der Waals surface area contributed by atoms with Crippen molar-refractivity contribution in [2.75, 3.05) is 26.1 Å². The summed E-state index contributed by atoms with van der Waals surface area (Å²) in [4.78, 5) is 17.2. The number of methoxy groups -OCH3 is 2. The van der Waals surface area contributed by atoms with E-state index in [-0.39, 0.29) is 5.91 Å². The molecule has 0 unspecified atom stereocenters. The maximum Gasteiger partial charge on any atom is 0.248 e. The summed E-state index contributed by atoms with van der Waals surface area (Å²) in [5.74, 6) is 1.09. The smallest absolute Gasteiger partial charge is 0.248 e. The molecule has 0 spiro atoms. The Hall–Kier alpha value is -3.86. The van der Waals surface area contributed by atoms with Crippen molar-refractivity contribution in [1.82, 2.24) is 0 Å². The van der Waals surface area contributed by atoms with E-state index in [1.807, 2.05) is 48.5 Å². The largest absolute Gasteiger partial charge is 0.497 e. The number of carbonyl (C=O) groups is 1. The number of nitrogens with zero attached hydrogens (tertiary/aromatic N) is 1. The predicted molar refractivity (Wildman–Crippen MR) is 124 cm³/mol. The molecule has 31 heavy (non-hydrogen) atoms. The first-order chi connectivity index (χ1) is 15.2. The van der Waals surface area contributed by atoms with Gasteiger partial charge in [-0.05, 0) is 47.9 Å². The van der Waals surface area contributed by atoms with Crippen LogP contribution in [0.25, 0.3) is 6.08 Å². The molecular formula is C26H24N2O3. The molecule has 0 saturated carbocycles. The second-order valence-corrected chi connectivity index (χ2v) is 7.15. The Morgan fingerprint density at radius 1 is 1.00 bits per heavy atom. The molecule has 1 aliphatic heterocycles. The summed E-state index contributed by atoms with van der Waals surface area (Å²) < 4.78 is 10.8. The molecule has 0 fully saturated rings. The second-order valence-electron chi connectivity index (χ2n) is 7.15. The molecule has 0 aliphatic carbocycles. The van der Waals surface area contributed by atoms with Gasteiger partial charge in [-0.3, -0.25) is 9.79 Å². The summed E-state index contributed by atoms with van der Waals surface area (Å²) in [7, 11) is 3.21. The molecule has 0 saturated heterocycles. The number of aliphatic imine (C=N–C) groups is 1. The number of fused-ring (bicyclic) bond motifs is 1. The van der Waals surface area contributed by atoms with Crippen LogP contribution in [-0.4, -0.2) is 32.4 Å². The number of ether oxygens (including phenoxy) is 2. The number of anilines is 1. The van der Waals surface area contributed by atoms with Gasteiger partial charge in [-0.1, -0.05) is 42.5 Å². The van der Waals surface area contributed by atoms with Crippen LogP contribution in [0.2, 0.25) is 0 Å². The van der Waals surface area contributed by atoms with Crippen LogP contribution < -0.4 is 14.8 Å². The lowest BCUT2D eigenvalue weighted by Crippen LogP contribution is -2.14. The zero-order valence-electron chi connectivity index (χ0n) is 17.6. The molecular weight excluding hydrogens is 388 g/mol. The van der Waals surface area contributed by atoms with Gasteiger partial charge in [0.25, 0.3) is 0 Å². The minimum Gasteiger partial charge on any atom is -0.497 e. The Labute approximate surface area is 182 Å². The first kappa shape index (κ1) is 20.4. The van der Waals surface area contributed by atoms with Crippen molar-refractivity contribution in [2.24, 2.45) is 4.99 Å². The van der Waals surface area contributed by atoms with E-state index in [0.29, 0.717) is 11.4 Å². The van der Waals surface area contributed by atoms with E-state index >= 15 is 0 Å². The number of benzene rings is 3. The minimum absolute atomic E-state index is 0.241. The van der Waals surface area contributed by atoms with Gasteiger partial charge in [-0.15, -0.1) is 0 Å². The van der Waals surface area contributed by atoms with E-state index in [9.17, 15) is 4.79 Å². The monoisotopic (exact) mass is 412 g/mol. The second kappa shape index (κ2) is 9.30. The van der Waals surface area contributed by atoms with Crippen molar-refractivity contribution >= 4 is 23.4 Å².